The van der Waals surface area contributed by atoms with E-state index in [-0.39, 0.29) is 22.4 Å². The summed E-state index contributed by atoms with van der Waals surface area (Å²) in [7, 11) is -3.44. The van der Waals surface area contributed by atoms with Crippen molar-refractivity contribution in [3.05, 3.63) is 41.1 Å². The fourth-order valence-electron chi connectivity index (χ4n) is 3.42. The van der Waals surface area contributed by atoms with Crippen molar-refractivity contribution >= 4 is 44.8 Å². The summed E-state index contributed by atoms with van der Waals surface area (Å²) in [6.45, 7) is 3.51. The third kappa shape index (κ3) is 3.94. The summed E-state index contributed by atoms with van der Waals surface area (Å²) in [6, 6.07) is 5.86. The molecule has 162 valence electrons. The van der Waals surface area contributed by atoms with E-state index in [2.05, 4.69) is 15.6 Å². The summed E-state index contributed by atoms with van der Waals surface area (Å²) < 4.78 is 28.0. The molecule has 0 saturated heterocycles. The van der Waals surface area contributed by atoms with Crippen molar-refractivity contribution in [2.45, 2.75) is 48.1 Å². The number of thioether (sulfide) groups is 1. The lowest BCUT2D eigenvalue weighted by atomic mass is 10.0. The highest BCUT2D eigenvalue weighted by molar-refractivity contribution is 8.00. The van der Waals surface area contributed by atoms with Gasteiger partial charge in [-0.25, -0.2) is 13.4 Å². The highest BCUT2D eigenvalue weighted by Gasteiger charge is 2.51. The van der Waals surface area contributed by atoms with Gasteiger partial charge in [-0.3, -0.25) is 4.79 Å². The average molecular weight is 470 g/mol. The van der Waals surface area contributed by atoms with E-state index >= 15 is 0 Å². The van der Waals surface area contributed by atoms with Crippen LogP contribution in [-0.2, 0) is 14.6 Å². The van der Waals surface area contributed by atoms with Crippen LogP contribution in [0.1, 0.15) is 49.6 Å². The molecule has 1 unspecified atom stereocenters. The zero-order valence-corrected chi connectivity index (χ0v) is 19.4. The maximum absolute atomic E-state index is 12.4. The number of oxazole rings is 1. The van der Waals surface area contributed by atoms with E-state index in [1.165, 1.54) is 20.0 Å². The van der Waals surface area contributed by atoms with Crippen LogP contribution >= 0.6 is 23.4 Å². The van der Waals surface area contributed by atoms with Crippen LogP contribution in [0.5, 0.6) is 0 Å². The lowest BCUT2D eigenvalue weighted by Gasteiger charge is -2.23. The van der Waals surface area contributed by atoms with Crippen molar-refractivity contribution in [1.29, 1.82) is 0 Å². The van der Waals surface area contributed by atoms with E-state index in [0.717, 1.165) is 41.1 Å². The smallest absolute Gasteiger partial charge is 0.288 e. The van der Waals surface area contributed by atoms with Crippen molar-refractivity contribution in [1.82, 2.24) is 10.3 Å². The molecule has 2 aromatic rings. The van der Waals surface area contributed by atoms with Crippen molar-refractivity contribution in [3.63, 3.8) is 0 Å². The maximum Gasteiger partial charge on any atom is 0.288 e. The number of rotatable bonds is 7. The molecular weight excluding hydrogens is 446 g/mol. The Morgan fingerprint density at radius 1 is 1.43 bits per heavy atom. The predicted octanol–water partition coefficient (Wildman–Crippen LogP) is 4.05. The number of halogens is 1. The third-order valence-corrected chi connectivity index (χ3v) is 9.71. The monoisotopic (exact) mass is 469 g/mol. The van der Waals surface area contributed by atoms with E-state index in [9.17, 15) is 13.2 Å². The van der Waals surface area contributed by atoms with E-state index in [1.807, 2.05) is 18.2 Å². The molecule has 2 heterocycles. The lowest BCUT2D eigenvalue weighted by Crippen LogP contribution is -2.31. The van der Waals surface area contributed by atoms with Crippen molar-refractivity contribution < 1.29 is 17.6 Å². The molecule has 2 aliphatic rings. The molecule has 1 aliphatic carbocycles. The molecule has 0 spiro atoms. The summed E-state index contributed by atoms with van der Waals surface area (Å²) in [5, 5.41) is 7.43. The summed E-state index contributed by atoms with van der Waals surface area (Å²) in [6.07, 6.45) is 5.43. The molecule has 1 fully saturated rings. The fourth-order valence-corrected chi connectivity index (χ4v) is 5.56. The quantitative estimate of drug-likeness (QED) is 0.630. The van der Waals surface area contributed by atoms with Crippen molar-refractivity contribution in [2.24, 2.45) is 5.41 Å². The highest BCUT2D eigenvalue weighted by Crippen LogP contribution is 2.59. The summed E-state index contributed by atoms with van der Waals surface area (Å²) in [4.78, 5) is 17.6. The highest BCUT2D eigenvalue weighted by atomic mass is 35.5. The van der Waals surface area contributed by atoms with Crippen LogP contribution in [0.15, 0.2) is 33.7 Å². The molecule has 1 atom stereocenters. The minimum absolute atomic E-state index is 0.0109. The third-order valence-electron chi connectivity index (χ3n) is 6.00. The Balaban J connectivity index is 1.34. The molecule has 0 bridgehead atoms. The largest absolute Gasteiger partial charge is 0.434 e. The van der Waals surface area contributed by atoms with Gasteiger partial charge >= 0.3 is 0 Å². The Morgan fingerprint density at radius 2 is 2.17 bits per heavy atom. The molecule has 0 radical (unpaired) electrons. The molecule has 10 heteroatoms. The van der Waals surface area contributed by atoms with Crippen LogP contribution in [0, 0.1) is 5.41 Å². The second-order valence-electron chi connectivity index (χ2n) is 8.46. The van der Waals surface area contributed by atoms with Crippen LogP contribution in [-0.4, -0.2) is 37.5 Å². The number of fused-ring (bicyclic) bond motifs is 1. The van der Waals surface area contributed by atoms with Gasteiger partial charge < -0.3 is 15.1 Å². The predicted molar refractivity (Wildman–Crippen MR) is 118 cm³/mol. The molecule has 1 saturated carbocycles. The molecule has 1 aliphatic heterocycles. The van der Waals surface area contributed by atoms with Gasteiger partial charge in [-0.2, -0.15) is 0 Å². The Labute approximate surface area is 185 Å². The van der Waals surface area contributed by atoms with Crippen LogP contribution in [0.3, 0.4) is 0 Å². The maximum atomic E-state index is 12.4. The number of amides is 1. The van der Waals surface area contributed by atoms with E-state index < -0.39 is 20.5 Å². The minimum atomic E-state index is -3.44. The SMILES string of the molecule is CC(C)(c1ncc(C(=O)NCCC2(C3Nc4ccc(Cl)cc4S3)CC2)o1)S(C)(=O)=O. The number of carbonyl (C=O) groups is 1. The number of hydrogen-bond acceptors (Lipinski definition) is 7. The van der Waals surface area contributed by atoms with E-state index in [4.69, 9.17) is 16.0 Å². The van der Waals surface area contributed by atoms with Crippen LogP contribution in [0.2, 0.25) is 5.02 Å². The summed E-state index contributed by atoms with van der Waals surface area (Å²) >= 11 is 7.89. The Bertz CT molecular complexity index is 1090. The number of aromatic nitrogens is 1. The number of benzene rings is 1. The average Bonchev–Trinajstić information content (AvgIpc) is 3.10. The van der Waals surface area contributed by atoms with Gasteiger partial charge in [0.15, 0.2) is 9.84 Å². The zero-order valence-electron chi connectivity index (χ0n) is 17.0. The first-order valence-corrected chi connectivity index (χ1v) is 12.8. The van der Waals surface area contributed by atoms with Crippen LogP contribution < -0.4 is 10.6 Å². The van der Waals surface area contributed by atoms with Gasteiger partial charge in [0.2, 0.25) is 11.7 Å². The molecule has 30 heavy (non-hydrogen) atoms. The van der Waals surface area contributed by atoms with E-state index in [0.29, 0.717) is 6.54 Å². The van der Waals surface area contributed by atoms with Gasteiger partial charge in [-0.1, -0.05) is 23.4 Å². The number of nitrogens with zero attached hydrogens (tertiary/aromatic N) is 1. The fraction of sp³-hybridized carbons (Fsp3) is 0.500. The minimum Gasteiger partial charge on any atom is -0.434 e. The van der Waals surface area contributed by atoms with Gasteiger partial charge in [0.25, 0.3) is 5.91 Å². The summed E-state index contributed by atoms with van der Waals surface area (Å²) in [5.41, 5.74) is 1.24. The van der Waals surface area contributed by atoms with Crippen LogP contribution in [0.25, 0.3) is 0 Å². The van der Waals surface area contributed by atoms with Gasteiger partial charge in [0.1, 0.15) is 4.75 Å². The number of anilines is 1. The van der Waals surface area contributed by atoms with Crippen LogP contribution in [0.4, 0.5) is 5.69 Å². The number of carbonyl (C=O) groups excluding carboxylic acids is 1. The first kappa shape index (κ1) is 21.5. The number of hydrogen-bond donors (Lipinski definition) is 2. The lowest BCUT2D eigenvalue weighted by molar-refractivity contribution is 0.0920. The van der Waals surface area contributed by atoms with Gasteiger partial charge in [-0.05, 0) is 51.3 Å². The molecular formula is C20H24ClN3O4S2. The Kier molecular flexibility index (Phi) is 5.35. The van der Waals surface area contributed by atoms with Gasteiger partial charge in [0, 0.05) is 33.8 Å². The van der Waals surface area contributed by atoms with Gasteiger partial charge in [-0.15, -0.1) is 0 Å². The number of nitrogens with one attached hydrogen (secondary N) is 2. The molecule has 1 aromatic heterocycles. The molecule has 4 rings (SSSR count). The summed E-state index contributed by atoms with van der Waals surface area (Å²) in [5.74, 6) is -0.366. The standard InChI is InChI=1S/C20H24ClN3O4S2/c1-19(2,30(3,26)27)17-23-11-14(28-17)16(25)22-9-8-20(6-7-20)18-24-13-5-4-12(21)10-15(13)29-18/h4-5,10-11,18,24H,6-9H2,1-3H3,(H,22,25). The molecule has 1 amide bonds. The van der Waals surface area contributed by atoms with Crippen molar-refractivity contribution in [2.75, 3.05) is 18.1 Å². The molecule has 2 N–H and O–H groups in total. The van der Waals surface area contributed by atoms with E-state index in [1.54, 1.807) is 11.8 Å². The van der Waals surface area contributed by atoms with Gasteiger partial charge in [0.05, 0.1) is 11.6 Å². The first-order valence-electron chi connectivity index (χ1n) is 9.69. The van der Waals surface area contributed by atoms with Crippen molar-refractivity contribution in [3.8, 4) is 0 Å². The Hall–Kier alpha value is -1.71. The molecule has 1 aromatic carbocycles. The topological polar surface area (TPSA) is 101 Å². The second-order valence-corrected chi connectivity index (χ2v) is 12.6. The second kappa shape index (κ2) is 7.46. The zero-order chi connectivity index (χ0) is 21.7. The normalized spacial score (nSPS) is 19.8. The first-order chi connectivity index (χ1) is 14.0. The molecule has 7 nitrogen and oxygen atoms in total. The Morgan fingerprint density at radius 3 is 2.83 bits per heavy atom. The number of sulfone groups is 1.